The molecule has 1 nitrogen and oxygen atoms in total. The number of thiophene rings is 1. The molecule has 3 atom stereocenters. The first-order valence-electron chi connectivity index (χ1n) is 5.95. The summed E-state index contributed by atoms with van der Waals surface area (Å²) in [5.74, 6) is 1.36. The first-order valence-corrected chi connectivity index (χ1v) is 6.76. The Hall–Kier alpha value is -0.340. The van der Waals surface area contributed by atoms with Crippen LogP contribution in [0.1, 0.15) is 48.5 Å². The van der Waals surface area contributed by atoms with E-state index in [2.05, 4.69) is 26.0 Å². The molecule has 1 heterocycles. The first kappa shape index (κ1) is 11.2. The van der Waals surface area contributed by atoms with Crippen LogP contribution in [0.4, 0.5) is 0 Å². The van der Waals surface area contributed by atoms with Gasteiger partial charge < -0.3 is 5.11 Å². The summed E-state index contributed by atoms with van der Waals surface area (Å²) in [4.78, 5) is 2.46. The van der Waals surface area contributed by atoms with E-state index >= 15 is 0 Å². The number of rotatable bonds is 3. The van der Waals surface area contributed by atoms with Gasteiger partial charge in [-0.25, -0.2) is 0 Å². The second-order valence-corrected chi connectivity index (χ2v) is 6.06. The van der Waals surface area contributed by atoms with Gasteiger partial charge in [0.15, 0.2) is 0 Å². The van der Waals surface area contributed by atoms with E-state index in [4.69, 9.17) is 0 Å². The van der Waals surface area contributed by atoms with Gasteiger partial charge in [0.25, 0.3) is 0 Å². The number of hydrogen-bond acceptors (Lipinski definition) is 2. The van der Waals surface area contributed by atoms with E-state index in [0.717, 1.165) is 10.8 Å². The molecule has 0 amide bonds. The SMILES string of the molecule is CCC1CCC(C(O)c2ccc(C)s2)C1. The fraction of sp³-hybridized carbons (Fsp3) is 0.692. The maximum Gasteiger partial charge on any atom is 0.0910 e. The van der Waals surface area contributed by atoms with Gasteiger partial charge in [-0.15, -0.1) is 11.3 Å². The molecule has 0 aliphatic heterocycles. The summed E-state index contributed by atoms with van der Waals surface area (Å²) in [5, 5.41) is 10.3. The second-order valence-electron chi connectivity index (χ2n) is 4.74. The molecule has 0 aromatic carbocycles. The Kier molecular flexibility index (Phi) is 3.47. The molecule has 3 unspecified atom stereocenters. The van der Waals surface area contributed by atoms with Crippen LogP contribution in [0.5, 0.6) is 0 Å². The molecule has 1 aliphatic carbocycles. The van der Waals surface area contributed by atoms with Crippen LogP contribution in [-0.4, -0.2) is 5.11 Å². The van der Waals surface area contributed by atoms with Gasteiger partial charge in [0.05, 0.1) is 6.10 Å². The molecule has 2 heteroatoms. The summed E-state index contributed by atoms with van der Waals surface area (Å²) in [6.45, 7) is 4.36. The molecule has 1 aromatic heterocycles. The molecule has 1 aromatic rings. The smallest absolute Gasteiger partial charge is 0.0910 e. The van der Waals surface area contributed by atoms with E-state index in [9.17, 15) is 5.11 Å². The monoisotopic (exact) mass is 224 g/mol. The van der Waals surface area contributed by atoms with Gasteiger partial charge >= 0.3 is 0 Å². The van der Waals surface area contributed by atoms with Crippen molar-refractivity contribution in [3.05, 3.63) is 21.9 Å². The summed E-state index contributed by atoms with van der Waals surface area (Å²) < 4.78 is 0. The van der Waals surface area contributed by atoms with Crippen LogP contribution in [0.25, 0.3) is 0 Å². The van der Waals surface area contributed by atoms with Gasteiger partial charge in [0, 0.05) is 9.75 Å². The Labute approximate surface area is 96.1 Å². The van der Waals surface area contributed by atoms with Crippen molar-refractivity contribution >= 4 is 11.3 Å². The highest BCUT2D eigenvalue weighted by molar-refractivity contribution is 7.12. The Bertz CT molecular complexity index is 318. The lowest BCUT2D eigenvalue weighted by molar-refractivity contribution is 0.112. The van der Waals surface area contributed by atoms with Gasteiger partial charge in [0.2, 0.25) is 0 Å². The van der Waals surface area contributed by atoms with Crippen LogP contribution in [0.2, 0.25) is 0 Å². The van der Waals surface area contributed by atoms with Gasteiger partial charge in [0.1, 0.15) is 0 Å². The van der Waals surface area contributed by atoms with Crippen molar-refractivity contribution in [1.29, 1.82) is 0 Å². The summed E-state index contributed by atoms with van der Waals surface area (Å²) in [7, 11) is 0. The largest absolute Gasteiger partial charge is 0.387 e. The van der Waals surface area contributed by atoms with Crippen LogP contribution in [-0.2, 0) is 0 Å². The van der Waals surface area contributed by atoms with E-state index in [1.807, 2.05) is 0 Å². The molecular formula is C13H20OS. The molecular weight excluding hydrogens is 204 g/mol. The van der Waals surface area contributed by atoms with Crippen molar-refractivity contribution in [2.45, 2.75) is 45.6 Å². The lowest BCUT2D eigenvalue weighted by Crippen LogP contribution is -2.08. The van der Waals surface area contributed by atoms with Crippen molar-refractivity contribution in [3.63, 3.8) is 0 Å². The van der Waals surface area contributed by atoms with Crippen LogP contribution >= 0.6 is 11.3 Å². The molecule has 0 radical (unpaired) electrons. The highest BCUT2D eigenvalue weighted by Gasteiger charge is 2.30. The lowest BCUT2D eigenvalue weighted by Gasteiger charge is -2.16. The van der Waals surface area contributed by atoms with E-state index in [0.29, 0.717) is 5.92 Å². The predicted octanol–water partition coefficient (Wildman–Crippen LogP) is 3.92. The van der Waals surface area contributed by atoms with Crippen molar-refractivity contribution in [3.8, 4) is 0 Å². The third kappa shape index (κ3) is 2.43. The van der Waals surface area contributed by atoms with E-state index in [1.54, 1.807) is 11.3 Å². The van der Waals surface area contributed by atoms with Gasteiger partial charge in [-0.1, -0.05) is 19.8 Å². The van der Waals surface area contributed by atoms with Gasteiger partial charge in [-0.3, -0.25) is 0 Å². The Morgan fingerprint density at radius 2 is 2.27 bits per heavy atom. The molecule has 1 N–H and O–H groups in total. The average molecular weight is 224 g/mol. The van der Waals surface area contributed by atoms with Gasteiger partial charge in [-0.05, 0) is 43.7 Å². The maximum atomic E-state index is 10.3. The third-order valence-electron chi connectivity index (χ3n) is 3.66. The zero-order chi connectivity index (χ0) is 10.8. The standard InChI is InChI=1S/C13H20OS/c1-3-10-5-6-11(8-10)13(14)12-7-4-9(2)15-12/h4,7,10-11,13-14H,3,5-6,8H2,1-2H3. The topological polar surface area (TPSA) is 20.2 Å². The van der Waals surface area contributed by atoms with Crippen LogP contribution in [0, 0.1) is 18.8 Å². The summed E-state index contributed by atoms with van der Waals surface area (Å²) >= 11 is 1.74. The summed E-state index contributed by atoms with van der Waals surface area (Å²) in [5.41, 5.74) is 0. The molecule has 0 bridgehead atoms. The zero-order valence-corrected chi connectivity index (χ0v) is 10.4. The molecule has 0 spiro atoms. The van der Waals surface area contributed by atoms with Crippen molar-refractivity contribution in [2.24, 2.45) is 11.8 Å². The summed E-state index contributed by atoms with van der Waals surface area (Å²) in [6, 6.07) is 4.19. The normalized spacial score (nSPS) is 28.2. The fourth-order valence-electron chi connectivity index (χ4n) is 2.62. The lowest BCUT2D eigenvalue weighted by atomic mass is 9.97. The minimum atomic E-state index is -0.208. The maximum absolute atomic E-state index is 10.3. The van der Waals surface area contributed by atoms with Gasteiger partial charge in [-0.2, -0.15) is 0 Å². The highest BCUT2D eigenvalue weighted by Crippen LogP contribution is 2.41. The minimum absolute atomic E-state index is 0.208. The van der Waals surface area contributed by atoms with E-state index in [-0.39, 0.29) is 6.10 Å². The quantitative estimate of drug-likeness (QED) is 0.825. The Morgan fingerprint density at radius 1 is 1.47 bits per heavy atom. The Morgan fingerprint density at radius 3 is 2.80 bits per heavy atom. The fourth-order valence-corrected chi connectivity index (χ4v) is 3.57. The van der Waals surface area contributed by atoms with Crippen LogP contribution in [0.3, 0.4) is 0 Å². The predicted molar refractivity (Wildman–Crippen MR) is 65.1 cm³/mol. The molecule has 1 saturated carbocycles. The highest BCUT2D eigenvalue weighted by atomic mass is 32.1. The number of aliphatic hydroxyl groups is 1. The number of aryl methyl sites for hydroxylation is 1. The third-order valence-corrected chi connectivity index (χ3v) is 4.73. The molecule has 15 heavy (non-hydrogen) atoms. The zero-order valence-electron chi connectivity index (χ0n) is 9.57. The first-order chi connectivity index (χ1) is 7.20. The van der Waals surface area contributed by atoms with Crippen LogP contribution < -0.4 is 0 Å². The van der Waals surface area contributed by atoms with E-state index in [1.165, 1.54) is 30.6 Å². The van der Waals surface area contributed by atoms with Crippen molar-refractivity contribution in [2.75, 3.05) is 0 Å². The summed E-state index contributed by atoms with van der Waals surface area (Å²) in [6.07, 6.45) is 4.79. The van der Waals surface area contributed by atoms with Crippen molar-refractivity contribution < 1.29 is 5.11 Å². The van der Waals surface area contributed by atoms with Crippen LogP contribution in [0.15, 0.2) is 12.1 Å². The molecule has 84 valence electrons. The molecule has 1 fully saturated rings. The molecule has 1 aliphatic rings. The van der Waals surface area contributed by atoms with E-state index < -0.39 is 0 Å². The second kappa shape index (κ2) is 4.67. The number of hydrogen-bond donors (Lipinski definition) is 1. The average Bonchev–Trinajstić information content (AvgIpc) is 2.84. The number of aliphatic hydroxyl groups excluding tert-OH is 1. The molecule has 2 rings (SSSR count). The Balaban J connectivity index is 2.00. The molecule has 0 saturated heterocycles. The van der Waals surface area contributed by atoms with Crippen molar-refractivity contribution in [1.82, 2.24) is 0 Å². The minimum Gasteiger partial charge on any atom is -0.387 e.